The van der Waals surface area contributed by atoms with Crippen LogP contribution in [0.25, 0.3) is 0 Å². The van der Waals surface area contributed by atoms with Crippen LogP contribution in [0.15, 0.2) is 23.3 Å². The number of nitrogens with one attached hydrogen (secondary N) is 1. The highest BCUT2D eigenvalue weighted by Gasteiger charge is 2.46. The van der Waals surface area contributed by atoms with Gasteiger partial charge in [0.05, 0.1) is 6.21 Å². The van der Waals surface area contributed by atoms with Crippen molar-refractivity contribution < 1.29 is 18.4 Å². The summed E-state index contributed by atoms with van der Waals surface area (Å²) in [6.07, 6.45) is 1.42. The maximum absolute atomic E-state index is 13.4. The smallest absolute Gasteiger partial charge is 0.322 e. The first-order valence-corrected chi connectivity index (χ1v) is 6.03. The molecular weight excluding hydrogens is 268 g/mol. The monoisotopic (exact) mass is 281 g/mol. The molecule has 2 rings (SSSR count). The van der Waals surface area contributed by atoms with Gasteiger partial charge in [-0.05, 0) is 25.5 Å². The zero-order valence-electron chi connectivity index (χ0n) is 11.0. The first-order chi connectivity index (χ1) is 9.37. The van der Waals surface area contributed by atoms with Crippen LogP contribution < -0.4 is 5.32 Å². The van der Waals surface area contributed by atoms with Crippen LogP contribution in [0.5, 0.6) is 0 Å². The van der Waals surface area contributed by atoms with E-state index < -0.39 is 29.1 Å². The van der Waals surface area contributed by atoms with Crippen LogP contribution in [0, 0.1) is 11.6 Å². The average Bonchev–Trinajstić information content (AvgIpc) is 2.61. The van der Waals surface area contributed by atoms with Crippen LogP contribution in [-0.4, -0.2) is 28.7 Å². The van der Waals surface area contributed by atoms with E-state index in [0.717, 1.165) is 12.3 Å². The number of carbonyl (C=O) groups is 2. The normalized spacial score (nSPS) is 22.7. The molecule has 1 atom stereocenters. The molecule has 0 spiro atoms. The Morgan fingerprint density at radius 2 is 2.10 bits per heavy atom. The summed E-state index contributed by atoms with van der Waals surface area (Å²) in [4.78, 5) is 23.7. The molecule has 7 heteroatoms. The van der Waals surface area contributed by atoms with Gasteiger partial charge in [0.25, 0.3) is 5.91 Å². The van der Waals surface area contributed by atoms with Gasteiger partial charge >= 0.3 is 6.03 Å². The minimum absolute atomic E-state index is 0.0166. The van der Waals surface area contributed by atoms with E-state index in [0.29, 0.717) is 17.5 Å². The van der Waals surface area contributed by atoms with Gasteiger partial charge in [-0.15, -0.1) is 5.01 Å². The highest BCUT2D eigenvalue weighted by atomic mass is 19.1. The Morgan fingerprint density at radius 1 is 1.40 bits per heavy atom. The number of amides is 3. The number of rotatable bonds is 3. The standard InChI is InChI=1S/C13H13F2N3O2/c1-3-13(2)11(19)18(12(20)17-13)16-7-8-4-5-9(14)6-10(8)15/h4-7H,3H2,1-2H3,(H,17,20)/b16-7+. The van der Waals surface area contributed by atoms with Crippen LogP contribution in [0.1, 0.15) is 25.8 Å². The number of hydrogen-bond donors (Lipinski definition) is 1. The van der Waals surface area contributed by atoms with Crippen molar-refractivity contribution >= 4 is 18.2 Å². The summed E-state index contributed by atoms with van der Waals surface area (Å²) in [6, 6.07) is 2.26. The lowest BCUT2D eigenvalue weighted by Gasteiger charge is -2.17. The van der Waals surface area contributed by atoms with Crippen LogP contribution in [0.3, 0.4) is 0 Å². The predicted octanol–water partition coefficient (Wildman–Crippen LogP) is 2.02. The van der Waals surface area contributed by atoms with Crippen molar-refractivity contribution in [2.45, 2.75) is 25.8 Å². The third-order valence-electron chi connectivity index (χ3n) is 3.22. The summed E-state index contributed by atoms with van der Waals surface area (Å²) in [6.45, 7) is 3.34. The molecule has 0 bridgehead atoms. The van der Waals surface area contributed by atoms with Gasteiger partial charge in [0.15, 0.2) is 0 Å². The van der Waals surface area contributed by atoms with Gasteiger partial charge < -0.3 is 5.32 Å². The molecule has 1 saturated heterocycles. The van der Waals surface area contributed by atoms with Gasteiger partial charge in [0.2, 0.25) is 0 Å². The van der Waals surface area contributed by atoms with E-state index in [4.69, 9.17) is 0 Å². The molecule has 3 amide bonds. The van der Waals surface area contributed by atoms with Crippen LogP contribution in [0.2, 0.25) is 0 Å². The second-order valence-electron chi connectivity index (χ2n) is 4.64. The largest absolute Gasteiger partial charge is 0.346 e. The third-order valence-corrected chi connectivity index (χ3v) is 3.22. The number of hydrazone groups is 1. The SMILES string of the molecule is CCC1(C)NC(=O)N(/N=C/c2ccc(F)cc2F)C1=O. The van der Waals surface area contributed by atoms with E-state index in [1.807, 2.05) is 0 Å². The number of benzene rings is 1. The van der Waals surface area contributed by atoms with E-state index in [-0.39, 0.29) is 5.56 Å². The lowest BCUT2D eigenvalue weighted by molar-refractivity contribution is -0.130. The maximum Gasteiger partial charge on any atom is 0.346 e. The van der Waals surface area contributed by atoms with Gasteiger partial charge in [-0.3, -0.25) is 4.79 Å². The highest BCUT2D eigenvalue weighted by Crippen LogP contribution is 2.21. The zero-order chi connectivity index (χ0) is 14.9. The molecule has 1 unspecified atom stereocenters. The summed E-state index contributed by atoms with van der Waals surface area (Å²) >= 11 is 0. The van der Waals surface area contributed by atoms with Crippen molar-refractivity contribution in [3.8, 4) is 0 Å². The number of halogens is 2. The molecule has 1 N–H and O–H groups in total. The van der Waals surface area contributed by atoms with E-state index in [1.165, 1.54) is 6.07 Å². The molecule has 0 radical (unpaired) electrons. The molecule has 0 aromatic heterocycles. The fraction of sp³-hybridized carbons (Fsp3) is 0.308. The minimum Gasteiger partial charge on any atom is -0.322 e. The van der Waals surface area contributed by atoms with Crippen LogP contribution >= 0.6 is 0 Å². The Morgan fingerprint density at radius 3 is 2.65 bits per heavy atom. The number of carbonyl (C=O) groups excluding carboxylic acids is 2. The lowest BCUT2D eigenvalue weighted by Crippen LogP contribution is -2.42. The molecule has 1 fully saturated rings. The van der Waals surface area contributed by atoms with Gasteiger partial charge in [-0.2, -0.15) is 5.10 Å². The highest BCUT2D eigenvalue weighted by molar-refractivity contribution is 6.07. The van der Waals surface area contributed by atoms with Crippen molar-refractivity contribution in [2.75, 3.05) is 0 Å². The predicted molar refractivity (Wildman–Crippen MR) is 68.0 cm³/mol. The number of imide groups is 1. The summed E-state index contributed by atoms with van der Waals surface area (Å²) in [5.41, 5.74) is -1.02. The van der Waals surface area contributed by atoms with Gasteiger partial charge in [-0.1, -0.05) is 6.92 Å². The summed E-state index contributed by atoms with van der Waals surface area (Å²) in [5, 5.41) is 6.83. The molecule has 20 heavy (non-hydrogen) atoms. The molecule has 1 aliphatic heterocycles. The first-order valence-electron chi connectivity index (χ1n) is 6.03. The molecule has 1 aromatic carbocycles. The summed E-state index contributed by atoms with van der Waals surface area (Å²) in [5.74, 6) is -2.05. The topological polar surface area (TPSA) is 61.8 Å². The van der Waals surface area contributed by atoms with Gasteiger partial charge in [-0.25, -0.2) is 13.6 Å². The molecular formula is C13H13F2N3O2. The summed E-state index contributed by atoms with van der Waals surface area (Å²) < 4.78 is 26.1. The van der Waals surface area contributed by atoms with Crippen molar-refractivity contribution in [3.63, 3.8) is 0 Å². The lowest BCUT2D eigenvalue weighted by atomic mass is 10.00. The Bertz CT molecular complexity index is 603. The maximum atomic E-state index is 13.4. The molecule has 106 valence electrons. The van der Waals surface area contributed by atoms with Crippen LogP contribution in [0.4, 0.5) is 13.6 Å². The van der Waals surface area contributed by atoms with Gasteiger partial charge in [0, 0.05) is 11.6 Å². The first kappa shape index (κ1) is 14.1. The molecule has 1 aromatic rings. The third kappa shape index (κ3) is 2.38. The van der Waals surface area contributed by atoms with Crippen molar-refractivity contribution in [1.82, 2.24) is 10.3 Å². The second-order valence-corrected chi connectivity index (χ2v) is 4.64. The quantitative estimate of drug-likeness (QED) is 0.680. The fourth-order valence-electron chi connectivity index (χ4n) is 1.74. The van der Waals surface area contributed by atoms with Crippen LogP contribution in [-0.2, 0) is 4.79 Å². The average molecular weight is 281 g/mol. The number of urea groups is 1. The number of nitrogens with zero attached hydrogens (tertiary/aromatic N) is 2. The second kappa shape index (κ2) is 4.99. The van der Waals surface area contributed by atoms with E-state index >= 15 is 0 Å². The Labute approximate surface area is 114 Å². The molecule has 5 nitrogen and oxygen atoms in total. The van der Waals surface area contributed by atoms with E-state index in [2.05, 4.69) is 10.4 Å². The van der Waals surface area contributed by atoms with Crippen molar-refractivity contribution in [3.05, 3.63) is 35.4 Å². The fourth-order valence-corrected chi connectivity index (χ4v) is 1.74. The minimum atomic E-state index is -1.00. The molecule has 1 heterocycles. The van der Waals surface area contributed by atoms with Gasteiger partial charge in [0.1, 0.15) is 17.2 Å². The van der Waals surface area contributed by atoms with E-state index in [9.17, 15) is 18.4 Å². The van der Waals surface area contributed by atoms with Crippen molar-refractivity contribution in [1.29, 1.82) is 0 Å². The molecule has 0 saturated carbocycles. The van der Waals surface area contributed by atoms with E-state index in [1.54, 1.807) is 13.8 Å². The molecule has 0 aliphatic carbocycles. The summed E-state index contributed by atoms with van der Waals surface area (Å²) in [7, 11) is 0. The zero-order valence-corrected chi connectivity index (χ0v) is 11.0. The Balaban J connectivity index is 2.24. The molecule has 1 aliphatic rings. The Hall–Kier alpha value is -2.31. The van der Waals surface area contributed by atoms with Crippen molar-refractivity contribution in [2.24, 2.45) is 5.10 Å². The Kier molecular flexibility index (Phi) is 3.52. The number of hydrogen-bond acceptors (Lipinski definition) is 3.